The van der Waals surface area contributed by atoms with E-state index in [1.54, 1.807) is 28.6 Å². The van der Waals surface area contributed by atoms with Crippen molar-refractivity contribution >= 4 is 21.9 Å². The highest BCUT2D eigenvalue weighted by Crippen LogP contribution is 2.23. The average Bonchev–Trinajstić information content (AvgIpc) is 2.62. The van der Waals surface area contributed by atoms with Crippen molar-refractivity contribution in [2.24, 2.45) is 4.99 Å². The predicted molar refractivity (Wildman–Crippen MR) is 97.5 cm³/mol. The van der Waals surface area contributed by atoms with Gasteiger partial charge in [-0.3, -0.25) is 4.99 Å². The Balaban J connectivity index is 1.77. The molecule has 0 N–H and O–H groups in total. The fourth-order valence-electron chi connectivity index (χ4n) is 2.83. The summed E-state index contributed by atoms with van der Waals surface area (Å²) in [5.74, 6) is 0. The topological polar surface area (TPSA) is 49.7 Å². The van der Waals surface area contributed by atoms with E-state index in [1.165, 1.54) is 0 Å². The van der Waals surface area contributed by atoms with Crippen LogP contribution in [0.2, 0.25) is 0 Å². The molecule has 0 bridgehead atoms. The SMILES string of the molecule is Cc1ccccc1C=Nc1ccc(S(=O)(=O)N2CCCCC2)cc1. The molecule has 0 unspecified atom stereocenters. The van der Waals surface area contributed by atoms with Gasteiger partial charge < -0.3 is 0 Å². The second kappa shape index (κ2) is 7.28. The van der Waals surface area contributed by atoms with Gasteiger partial charge >= 0.3 is 0 Å². The molecular weight excluding hydrogens is 320 g/mol. The summed E-state index contributed by atoms with van der Waals surface area (Å²) >= 11 is 0. The lowest BCUT2D eigenvalue weighted by molar-refractivity contribution is 0.346. The molecule has 1 heterocycles. The van der Waals surface area contributed by atoms with E-state index in [9.17, 15) is 8.42 Å². The molecule has 126 valence electrons. The molecule has 0 atom stereocenters. The Bertz CT molecular complexity index is 821. The monoisotopic (exact) mass is 342 g/mol. The maximum atomic E-state index is 12.6. The highest BCUT2D eigenvalue weighted by atomic mass is 32.2. The van der Waals surface area contributed by atoms with Crippen LogP contribution in [0.5, 0.6) is 0 Å². The molecular formula is C19H22N2O2S. The Labute approximate surface area is 143 Å². The Morgan fingerprint density at radius 3 is 2.29 bits per heavy atom. The van der Waals surface area contributed by atoms with Crippen LogP contribution < -0.4 is 0 Å². The number of piperidine rings is 1. The number of hydrogen-bond acceptors (Lipinski definition) is 3. The minimum Gasteiger partial charge on any atom is -0.256 e. The molecule has 3 rings (SSSR count). The van der Waals surface area contributed by atoms with Crippen molar-refractivity contribution in [2.75, 3.05) is 13.1 Å². The standard InChI is InChI=1S/C19H22N2O2S/c1-16-7-3-4-8-17(16)15-20-18-9-11-19(12-10-18)24(22,23)21-13-5-2-6-14-21/h3-4,7-12,15H,2,5-6,13-14H2,1H3. The van der Waals surface area contributed by atoms with Crippen LogP contribution in [0.25, 0.3) is 0 Å². The maximum Gasteiger partial charge on any atom is 0.243 e. The Kier molecular flexibility index (Phi) is 5.11. The van der Waals surface area contributed by atoms with Crippen LogP contribution in [0.4, 0.5) is 5.69 Å². The Morgan fingerprint density at radius 2 is 1.62 bits per heavy atom. The zero-order valence-electron chi connectivity index (χ0n) is 13.9. The highest BCUT2D eigenvalue weighted by Gasteiger charge is 2.25. The van der Waals surface area contributed by atoms with Gasteiger partial charge in [0, 0.05) is 19.3 Å². The first-order valence-corrected chi connectivity index (χ1v) is 9.71. The van der Waals surface area contributed by atoms with Gasteiger partial charge in [-0.05, 0) is 55.2 Å². The number of nitrogens with zero attached hydrogens (tertiary/aromatic N) is 2. The fourth-order valence-corrected chi connectivity index (χ4v) is 4.35. The fraction of sp³-hybridized carbons (Fsp3) is 0.316. The zero-order chi connectivity index (χ0) is 17.0. The van der Waals surface area contributed by atoms with E-state index in [1.807, 2.05) is 37.4 Å². The second-order valence-electron chi connectivity index (χ2n) is 6.07. The summed E-state index contributed by atoms with van der Waals surface area (Å²) in [6, 6.07) is 14.8. The third-order valence-electron chi connectivity index (χ3n) is 4.33. The number of rotatable bonds is 4. The van der Waals surface area contributed by atoms with E-state index in [4.69, 9.17) is 0 Å². The van der Waals surface area contributed by atoms with Gasteiger partial charge in [0.2, 0.25) is 10.0 Å². The van der Waals surface area contributed by atoms with Gasteiger partial charge in [0.15, 0.2) is 0 Å². The first-order valence-electron chi connectivity index (χ1n) is 8.27. The lowest BCUT2D eigenvalue weighted by Crippen LogP contribution is -2.35. The Morgan fingerprint density at radius 1 is 0.958 bits per heavy atom. The van der Waals surface area contributed by atoms with Gasteiger partial charge in [0.05, 0.1) is 10.6 Å². The van der Waals surface area contributed by atoms with Gasteiger partial charge in [0.25, 0.3) is 0 Å². The summed E-state index contributed by atoms with van der Waals surface area (Å²) in [5, 5.41) is 0. The number of aryl methyl sites for hydroxylation is 1. The molecule has 24 heavy (non-hydrogen) atoms. The molecule has 5 heteroatoms. The first kappa shape index (κ1) is 16.9. The molecule has 0 saturated carbocycles. The highest BCUT2D eigenvalue weighted by molar-refractivity contribution is 7.89. The summed E-state index contributed by atoms with van der Waals surface area (Å²) in [6.07, 6.45) is 4.80. The number of sulfonamides is 1. The summed E-state index contributed by atoms with van der Waals surface area (Å²) in [4.78, 5) is 4.79. The molecule has 1 aliphatic heterocycles. The summed E-state index contributed by atoms with van der Waals surface area (Å²) in [5.41, 5.74) is 2.96. The van der Waals surface area contributed by atoms with E-state index < -0.39 is 10.0 Å². The third kappa shape index (κ3) is 3.74. The molecule has 2 aromatic carbocycles. The molecule has 0 amide bonds. The normalized spacial score (nSPS) is 16.5. The van der Waals surface area contributed by atoms with Crippen molar-refractivity contribution < 1.29 is 8.42 Å². The molecule has 4 nitrogen and oxygen atoms in total. The van der Waals surface area contributed by atoms with Gasteiger partial charge in [-0.25, -0.2) is 8.42 Å². The van der Waals surface area contributed by atoms with E-state index in [2.05, 4.69) is 4.99 Å². The molecule has 0 aliphatic carbocycles. The van der Waals surface area contributed by atoms with Crippen molar-refractivity contribution in [2.45, 2.75) is 31.1 Å². The molecule has 2 aromatic rings. The molecule has 0 spiro atoms. The van der Waals surface area contributed by atoms with E-state index >= 15 is 0 Å². The van der Waals surface area contributed by atoms with Gasteiger partial charge in [-0.1, -0.05) is 30.7 Å². The van der Waals surface area contributed by atoms with E-state index in [-0.39, 0.29) is 0 Å². The van der Waals surface area contributed by atoms with Crippen molar-refractivity contribution in [3.05, 3.63) is 59.7 Å². The molecule has 1 aliphatic rings. The van der Waals surface area contributed by atoms with Crippen molar-refractivity contribution in [1.82, 2.24) is 4.31 Å². The van der Waals surface area contributed by atoms with Gasteiger partial charge in [-0.15, -0.1) is 0 Å². The zero-order valence-corrected chi connectivity index (χ0v) is 14.7. The van der Waals surface area contributed by atoms with Crippen molar-refractivity contribution in [3.8, 4) is 0 Å². The lowest BCUT2D eigenvalue weighted by Gasteiger charge is -2.25. The van der Waals surface area contributed by atoms with E-state index in [0.717, 1.165) is 36.1 Å². The summed E-state index contributed by atoms with van der Waals surface area (Å²) in [7, 11) is -3.37. The summed E-state index contributed by atoms with van der Waals surface area (Å²) < 4.78 is 26.8. The predicted octanol–water partition coefficient (Wildman–Crippen LogP) is 3.92. The number of benzene rings is 2. The first-order chi connectivity index (χ1) is 11.6. The number of aliphatic imine (C=N–C) groups is 1. The van der Waals surface area contributed by atoms with Crippen LogP contribution in [0.1, 0.15) is 30.4 Å². The smallest absolute Gasteiger partial charge is 0.243 e. The van der Waals surface area contributed by atoms with Crippen LogP contribution in [-0.2, 0) is 10.0 Å². The largest absolute Gasteiger partial charge is 0.256 e. The average molecular weight is 342 g/mol. The quantitative estimate of drug-likeness (QED) is 0.791. The number of hydrogen-bond donors (Lipinski definition) is 0. The third-order valence-corrected chi connectivity index (χ3v) is 6.24. The molecule has 1 fully saturated rings. The molecule has 0 aromatic heterocycles. The Hall–Kier alpha value is -1.98. The van der Waals surface area contributed by atoms with Crippen LogP contribution in [0.15, 0.2) is 58.4 Å². The van der Waals surface area contributed by atoms with Gasteiger partial charge in [0.1, 0.15) is 0 Å². The summed E-state index contributed by atoms with van der Waals surface area (Å²) in [6.45, 7) is 3.28. The maximum absolute atomic E-state index is 12.6. The van der Waals surface area contributed by atoms with Crippen molar-refractivity contribution in [3.63, 3.8) is 0 Å². The van der Waals surface area contributed by atoms with E-state index in [0.29, 0.717) is 18.0 Å². The van der Waals surface area contributed by atoms with Crippen LogP contribution in [0.3, 0.4) is 0 Å². The minimum absolute atomic E-state index is 0.347. The lowest BCUT2D eigenvalue weighted by atomic mass is 10.1. The second-order valence-corrected chi connectivity index (χ2v) is 8.01. The van der Waals surface area contributed by atoms with Crippen LogP contribution in [-0.4, -0.2) is 32.0 Å². The molecule has 0 radical (unpaired) electrons. The van der Waals surface area contributed by atoms with Crippen LogP contribution in [0, 0.1) is 6.92 Å². The van der Waals surface area contributed by atoms with Crippen LogP contribution >= 0.6 is 0 Å². The van der Waals surface area contributed by atoms with Crippen molar-refractivity contribution in [1.29, 1.82) is 0 Å². The minimum atomic E-state index is -3.37. The molecule has 1 saturated heterocycles. The van der Waals surface area contributed by atoms with Gasteiger partial charge in [-0.2, -0.15) is 4.31 Å².